The van der Waals surface area contributed by atoms with Crippen LogP contribution < -0.4 is 5.73 Å². The lowest BCUT2D eigenvalue weighted by atomic mass is 10.1. The molecule has 0 aromatic heterocycles. The molecule has 0 aromatic rings. The van der Waals surface area contributed by atoms with Gasteiger partial charge in [0.05, 0.1) is 0 Å². The van der Waals surface area contributed by atoms with Gasteiger partial charge < -0.3 is 5.73 Å². The van der Waals surface area contributed by atoms with Crippen molar-refractivity contribution in [1.82, 2.24) is 0 Å². The van der Waals surface area contributed by atoms with Crippen LogP contribution in [-0.2, 0) is 0 Å². The van der Waals surface area contributed by atoms with Crippen LogP contribution in [0.4, 0.5) is 0 Å². The number of nitrogens with two attached hydrogens (primary N) is 1. The summed E-state index contributed by atoms with van der Waals surface area (Å²) in [5, 5.41) is 0. The Bertz CT molecular complexity index is 165. The van der Waals surface area contributed by atoms with Crippen molar-refractivity contribution in [3.63, 3.8) is 0 Å². The summed E-state index contributed by atoms with van der Waals surface area (Å²) in [6.45, 7) is 11.3. The van der Waals surface area contributed by atoms with Crippen LogP contribution in [0.1, 0.15) is 0 Å². The minimum Gasteiger partial charge on any atom is -0.326 e. The zero-order chi connectivity index (χ0) is 7.98. The second kappa shape index (κ2) is 4.77. The number of hydrogen-bond donors (Lipinski definition) is 1. The summed E-state index contributed by atoms with van der Waals surface area (Å²) in [6.07, 6.45) is 5.16. The smallest absolute Gasteiger partial charge is 0.0183 e. The third-order valence-electron chi connectivity index (χ3n) is 1.28. The van der Waals surface area contributed by atoms with Gasteiger partial charge in [-0.15, -0.1) is 0 Å². The molecule has 0 saturated carbocycles. The fraction of sp³-hybridized carbons (Fsp3) is 0.111. The van der Waals surface area contributed by atoms with Crippen LogP contribution in [0.25, 0.3) is 0 Å². The van der Waals surface area contributed by atoms with E-state index in [1.807, 2.05) is 0 Å². The van der Waals surface area contributed by atoms with E-state index >= 15 is 0 Å². The first-order valence-corrected chi connectivity index (χ1v) is 3.10. The van der Waals surface area contributed by atoms with E-state index in [4.69, 9.17) is 5.73 Å². The summed E-state index contributed by atoms with van der Waals surface area (Å²) >= 11 is 0. The zero-order valence-electron chi connectivity index (χ0n) is 6.14. The maximum Gasteiger partial charge on any atom is 0.0183 e. The van der Waals surface area contributed by atoms with Gasteiger partial charge in [-0.05, 0) is 11.1 Å². The van der Waals surface area contributed by atoms with E-state index in [9.17, 15) is 0 Å². The molecule has 10 heavy (non-hydrogen) atoms. The van der Waals surface area contributed by atoms with E-state index in [0.717, 1.165) is 11.1 Å². The van der Waals surface area contributed by atoms with Crippen LogP contribution in [0.15, 0.2) is 49.1 Å². The quantitative estimate of drug-likeness (QED) is 0.584. The van der Waals surface area contributed by atoms with Crippen molar-refractivity contribution in [3.05, 3.63) is 49.1 Å². The Labute approximate surface area is 62.2 Å². The molecule has 0 aromatic carbocycles. The Balaban J connectivity index is 4.67. The van der Waals surface area contributed by atoms with Gasteiger partial charge in [-0.2, -0.15) is 0 Å². The topological polar surface area (TPSA) is 26.0 Å². The predicted octanol–water partition coefficient (Wildman–Crippen LogP) is 1.80. The van der Waals surface area contributed by atoms with Crippen LogP contribution in [0.5, 0.6) is 0 Å². The molecule has 0 aliphatic rings. The maximum atomic E-state index is 5.41. The third-order valence-corrected chi connectivity index (χ3v) is 1.28. The molecule has 0 rings (SSSR count). The largest absolute Gasteiger partial charge is 0.326 e. The lowest BCUT2D eigenvalue weighted by molar-refractivity contribution is 1.17. The van der Waals surface area contributed by atoms with E-state index < -0.39 is 0 Å². The summed E-state index contributed by atoms with van der Waals surface area (Å²) < 4.78 is 0. The summed E-state index contributed by atoms with van der Waals surface area (Å²) in [4.78, 5) is 0. The lowest BCUT2D eigenvalue weighted by Crippen LogP contribution is -2.02. The van der Waals surface area contributed by atoms with Crippen LogP contribution in [0, 0.1) is 0 Å². The third kappa shape index (κ3) is 2.03. The second-order valence-electron chi connectivity index (χ2n) is 1.80. The average molecular weight is 135 g/mol. The maximum absolute atomic E-state index is 5.41. The van der Waals surface area contributed by atoms with E-state index in [1.165, 1.54) is 0 Å². The highest BCUT2D eigenvalue weighted by molar-refractivity contribution is 5.39. The van der Waals surface area contributed by atoms with E-state index in [1.54, 1.807) is 18.2 Å². The van der Waals surface area contributed by atoms with Crippen molar-refractivity contribution in [3.8, 4) is 0 Å². The SMILES string of the molecule is C=CC(C=C)=C(C=C)CN. The molecule has 1 nitrogen and oxygen atoms in total. The van der Waals surface area contributed by atoms with Gasteiger partial charge in [0.25, 0.3) is 0 Å². The fourth-order valence-electron chi connectivity index (χ4n) is 0.665. The monoisotopic (exact) mass is 135 g/mol. The van der Waals surface area contributed by atoms with Crippen molar-refractivity contribution in [2.75, 3.05) is 6.54 Å². The number of hydrogen-bond acceptors (Lipinski definition) is 1. The second-order valence-corrected chi connectivity index (χ2v) is 1.80. The molecule has 0 radical (unpaired) electrons. The standard InChI is InChI=1S/C9H13N/c1-4-8(5-2)9(6-3)7-10/h4-6H,1-3,7,10H2. The molecule has 1 heteroatoms. The summed E-state index contributed by atoms with van der Waals surface area (Å²) in [6, 6.07) is 0. The van der Waals surface area contributed by atoms with Gasteiger partial charge >= 0.3 is 0 Å². The normalized spacial score (nSPS) is 8.10. The van der Waals surface area contributed by atoms with Gasteiger partial charge in [0.15, 0.2) is 0 Å². The lowest BCUT2D eigenvalue weighted by Gasteiger charge is -1.99. The number of allylic oxidation sites excluding steroid dienone is 3. The molecule has 0 bridgehead atoms. The minimum absolute atomic E-state index is 0.483. The van der Waals surface area contributed by atoms with E-state index in [2.05, 4.69) is 19.7 Å². The molecule has 0 aliphatic carbocycles. The molecule has 0 atom stereocenters. The fourth-order valence-corrected chi connectivity index (χ4v) is 0.665. The van der Waals surface area contributed by atoms with Gasteiger partial charge in [0.1, 0.15) is 0 Å². The van der Waals surface area contributed by atoms with Crippen molar-refractivity contribution in [2.24, 2.45) is 5.73 Å². The molecule has 0 saturated heterocycles. The molecule has 0 unspecified atom stereocenters. The predicted molar refractivity (Wildman–Crippen MR) is 46.7 cm³/mol. The Morgan fingerprint density at radius 1 is 1.10 bits per heavy atom. The van der Waals surface area contributed by atoms with Crippen LogP contribution >= 0.6 is 0 Å². The molecular formula is C9H13N. The Morgan fingerprint density at radius 3 is 1.70 bits per heavy atom. The summed E-state index contributed by atoms with van der Waals surface area (Å²) in [5.41, 5.74) is 7.34. The highest BCUT2D eigenvalue weighted by Crippen LogP contribution is 2.05. The van der Waals surface area contributed by atoms with Gasteiger partial charge in [-0.3, -0.25) is 0 Å². The summed E-state index contributed by atoms with van der Waals surface area (Å²) in [5.74, 6) is 0. The molecule has 0 heterocycles. The molecule has 0 aliphatic heterocycles. The van der Waals surface area contributed by atoms with Crippen molar-refractivity contribution in [2.45, 2.75) is 0 Å². The van der Waals surface area contributed by atoms with Crippen molar-refractivity contribution >= 4 is 0 Å². The molecule has 0 spiro atoms. The Morgan fingerprint density at radius 2 is 1.60 bits per heavy atom. The molecule has 0 fully saturated rings. The first-order valence-electron chi connectivity index (χ1n) is 3.10. The van der Waals surface area contributed by atoms with Gasteiger partial charge in [0, 0.05) is 6.54 Å². The van der Waals surface area contributed by atoms with Crippen LogP contribution in [0.2, 0.25) is 0 Å². The highest BCUT2D eigenvalue weighted by Gasteiger charge is 1.91. The van der Waals surface area contributed by atoms with E-state index in [-0.39, 0.29) is 0 Å². The van der Waals surface area contributed by atoms with Gasteiger partial charge in [0.2, 0.25) is 0 Å². The van der Waals surface area contributed by atoms with Crippen molar-refractivity contribution in [1.29, 1.82) is 0 Å². The van der Waals surface area contributed by atoms with Crippen LogP contribution in [0.3, 0.4) is 0 Å². The molecular weight excluding hydrogens is 122 g/mol. The summed E-state index contributed by atoms with van der Waals surface area (Å²) in [7, 11) is 0. The van der Waals surface area contributed by atoms with Gasteiger partial charge in [-0.25, -0.2) is 0 Å². The molecule has 0 amide bonds. The van der Waals surface area contributed by atoms with Crippen molar-refractivity contribution < 1.29 is 0 Å². The van der Waals surface area contributed by atoms with E-state index in [0.29, 0.717) is 6.54 Å². The van der Waals surface area contributed by atoms with Crippen LogP contribution in [-0.4, -0.2) is 6.54 Å². The zero-order valence-corrected chi connectivity index (χ0v) is 6.14. The molecule has 2 N–H and O–H groups in total. The minimum atomic E-state index is 0.483. The number of rotatable bonds is 4. The average Bonchev–Trinajstić information content (AvgIpc) is 2.00. The Kier molecular flexibility index (Phi) is 4.25. The first kappa shape index (κ1) is 8.92. The first-order chi connectivity index (χ1) is 4.79. The Hall–Kier alpha value is -1.08. The molecule has 54 valence electrons. The highest BCUT2D eigenvalue weighted by atomic mass is 14.5. The van der Waals surface area contributed by atoms with Gasteiger partial charge in [-0.1, -0.05) is 38.0 Å².